The van der Waals surface area contributed by atoms with Gasteiger partial charge in [0.25, 0.3) is 5.92 Å². The third kappa shape index (κ3) is 4.31. The number of nitrogens with zero attached hydrogens (tertiary/aromatic N) is 5. The van der Waals surface area contributed by atoms with Gasteiger partial charge in [-0.2, -0.15) is 5.10 Å². The lowest BCUT2D eigenvalue weighted by Crippen LogP contribution is -2.24. The second-order valence-electron chi connectivity index (χ2n) is 9.91. The lowest BCUT2D eigenvalue weighted by Gasteiger charge is -2.17. The Morgan fingerprint density at radius 3 is 2.84 bits per heavy atom. The van der Waals surface area contributed by atoms with Crippen molar-refractivity contribution in [1.82, 2.24) is 29.6 Å². The van der Waals surface area contributed by atoms with Crippen LogP contribution in [0, 0.1) is 12.7 Å². The molecule has 1 fully saturated rings. The van der Waals surface area contributed by atoms with E-state index in [0.29, 0.717) is 53.5 Å². The van der Waals surface area contributed by atoms with Gasteiger partial charge in [-0.25, -0.2) is 27.8 Å². The van der Waals surface area contributed by atoms with Crippen LogP contribution in [-0.2, 0) is 20.0 Å². The van der Waals surface area contributed by atoms with Gasteiger partial charge in [0.15, 0.2) is 11.5 Å². The minimum Gasteiger partial charge on any atom is -0.402 e. The van der Waals surface area contributed by atoms with Crippen molar-refractivity contribution in [1.29, 1.82) is 0 Å². The predicted molar refractivity (Wildman–Crippen MR) is 136 cm³/mol. The molecule has 10 heteroatoms. The smallest absolute Gasteiger partial charge is 0.261 e. The van der Waals surface area contributed by atoms with E-state index in [1.54, 1.807) is 11.9 Å². The third-order valence-electron chi connectivity index (χ3n) is 6.87. The maximum absolute atomic E-state index is 16.2. The average Bonchev–Trinajstić information content (AvgIpc) is 3.45. The van der Waals surface area contributed by atoms with Gasteiger partial charge in [0.05, 0.1) is 17.6 Å². The number of hydrogen-bond donors (Lipinski definition) is 2. The Labute approximate surface area is 211 Å². The Kier molecular flexibility index (Phi) is 5.45. The van der Waals surface area contributed by atoms with Crippen LogP contribution in [0.3, 0.4) is 0 Å². The van der Waals surface area contributed by atoms with Gasteiger partial charge in [-0.05, 0) is 36.3 Å². The summed E-state index contributed by atoms with van der Waals surface area (Å²) in [5, 5.41) is 4.79. The van der Waals surface area contributed by atoms with Gasteiger partial charge in [0, 0.05) is 56.1 Å². The molecule has 0 radical (unpaired) electrons. The number of fused-ring (bicyclic) bond motifs is 2. The summed E-state index contributed by atoms with van der Waals surface area (Å²) in [6.07, 6.45) is 7.37. The number of benzene rings is 1. The molecule has 3 aromatic heterocycles. The highest BCUT2D eigenvalue weighted by Gasteiger charge is 2.38. The van der Waals surface area contributed by atoms with Gasteiger partial charge in [0.2, 0.25) is 0 Å². The number of nitrogens with two attached hydrogens (primary N) is 1. The molecular formula is C27H26F3N7. The number of alkyl halides is 2. The van der Waals surface area contributed by atoms with Crippen molar-refractivity contribution < 1.29 is 13.2 Å². The number of nitrogens with one attached hydrogen (secondary N) is 1. The van der Waals surface area contributed by atoms with E-state index in [-0.39, 0.29) is 18.4 Å². The molecule has 4 heterocycles. The Balaban J connectivity index is 1.41. The van der Waals surface area contributed by atoms with Gasteiger partial charge < -0.3 is 10.7 Å². The Morgan fingerprint density at radius 2 is 2.05 bits per heavy atom. The molecule has 7 nitrogen and oxygen atoms in total. The van der Waals surface area contributed by atoms with Crippen LogP contribution in [0.15, 0.2) is 42.2 Å². The summed E-state index contributed by atoms with van der Waals surface area (Å²) in [6, 6.07) is 5.67. The molecule has 0 unspecified atom stereocenters. The number of H-pyrrole nitrogens is 1. The zero-order valence-corrected chi connectivity index (χ0v) is 20.5. The quantitative estimate of drug-likeness (QED) is 0.419. The maximum Gasteiger partial charge on any atom is 0.261 e. The molecule has 0 amide bonds. The lowest BCUT2D eigenvalue weighted by atomic mass is 9.99. The summed E-state index contributed by atoms with van der Waals surface area (Å²) in [7, 11) is 1.71. The maximum atomic E-state index is 16.2. The molecule has 0 bridgehead atoms. The molecule has 37 heavy (non-hydrogen) atoms. The summed E-state index contributed by atoms with van der Waals surface area (Å²) in [6.45, 7) is 2.36. The molecule has 1 saturated heterocycles. The van der Waals surface area contributed by atoms with E-state index in [9.17, 15) is 8.78 Å². The number of halogens is 3. The van der Waals surface area contributed by atoms with Gasteiger partial charge in [0.1, 0.15) is 11.5 Å². The van der Waals surface area contributed by atoms with Crippen molar-refractivity contribution in [2.24, 2.45) is 12.8 Å². The first kappa shape index (κ1) is 23.5. The molecule has 0 spiro atoms. The summed E-state index contributed by atoms with van der Waals surface area (Å²) < 4.78 is 45.1. The Hall–Kier alpha value is -3.92. The van der Waals surface area contributed by atoms with Gasteiger partial charge in [-0.3, -0.25) is 4.90 Å². The van der Waals surface area contributed by atoms with E-state index in [1.165, 1.54) is 10.9 Å². The van der Waals surface area contributed by atoms with Crippen LogP contribution in [0.25, 0.3) is 39.8 Å². The predicted octanol–water partition coefficient (Wildman–Crippen LogP) is 4.73. The lowest BCUT2D eigenvalue weighted by molar-refractivity contribution is 0.0115. The van der Waals surface area contributed by atoms with Crippen molar-refractivity contribution in [3.05, 3.63) is 70.6 Å². The molecule has 6 rings (SSSR count). The number of aromatic nitrogens is 5. The fourth-order valence-corrected chi connectivity index (χ4v) is 5.19. The first-order valence-electron chi connectivity index (χ1n) is 12.1. The molecule has 190 valence electrons. The number of rotatable bonds is 4. The first-order chi connectivity index (χ1) is 17.7. The van der Waals surface area contributed by atoms with Crippen molar-refractivity contribution in [2.45, 2.75) is 32.2 Å². The van der Waals surface area contributed by atoms with E-state index >= 15 is 4.39 Å². The van der Waals surface area contributed by atoms with Crippen LogP contribution in [0.5, 0.6) is 0 Å². The highest BCUT2D eigenvalue weighted by atomic mass is 19.3. The summed E-state index contributed by atoms with van der Waals surface area (Å²) >= 11 is 0. The van der Waals surface area contributed by atoms with E-state index in [1.807, 2.05) is 43.4 Å². The molecule has 1 aliphatic carbocycles. The zero-order chi connectivity index (χ0) is 25.9. The molecule has 4 aromatic rings. The van der Waals surface area contributed by atoms with Gasteiger partial charge >= 0.3 is 0 Å². The molecule has 0 saturated carbocycles. The monoisotopic (exact) mass is 505 g/mol. The third-order valence-corrected chi connectivity index (χ3v) is 6.87. The SMILES string of the molecule is Cc1cc(CN2CCC(F)(F)C2)cc(-c2cnc3c(c(-c4nc5c([nH]4)CC(N)=CC=C5)nn3C)c2F)c1. The zero-order valence-electron chi connectivity index (χ0n) is 20.5. The fourth-order valence-electron chi connectivity index (χ4n) is 5.19. The van der Waals surface area contributed by atoms with Crippen LogP contribution >= 0.6 is 0 Å². The highest BCUT2D eigenvalue weighted by molar-refractivity contribution is 5.93. The number of pyridine rings is 1. The van der Waals surface area contributed by atoms with E-state index < -0.39 is 11.7 Å². The first-order valence-corrected chi connectivity index (χ1v) is 12.1. The Bertz CT molecular complexity index is 1600. The topological polar surface area (TPSA) is 88.7 Å². The van der Waals surface area contributed by atoms with E-state index in [2.05, 4.69) is 20.1 Å². The number of likely N-dealkylation sites (tertiary alicyclic amines) is 1. The van der Waals surface area contributed by atoms with Crippen LogP contribution in [-0.4, -0.2) is 48.6 Å². The Morgan fingerprint density at radius 1 is 1.22 bits per heavy atom. The second kappa shape index (κ2) is 8.58. The standard InChI is InChI=1S/C27H26F3N7/c1-15-8-16(13-37-7-6-27(29,30)14-37)10-17(9-15)19-12-32-26-22(23(19)28)24(35-36(26)2)25-33-20-5-3-4-18(31)11-21(20)34-25/h3-5,8-10,12H,6-7,11,13-14,31H2,1-2H3,(H,33,34). The minimum absolute atomic E-state index is 0.139. The van der Waals surface area contributed by atoms with Gasteiger partial charge in [-0.15, -0.1) is 0 Å². The molecule has 3 N–H and O–H groups in total. The molecule has 0 atom stereocenters. The summed E-state index contributed by atoms with van der Waals surface area (Å²) in [5.41, 5.74) is 11.8. The number of allylic oxidation sites excluding steroid dienone is 3. The van der Waals surface area contributed by atoms with E-state index in [4.69, 9.17) is 5.73 Å². The number of aryl methyl sites for hydroxylation is 2. The van der Waals surface area contributed by atoms with Crippen molar-refractivity contribution in [3.63, 3.8) is 0 Å². The summed E-state index contributed by atoms with van der Waals surface area (Å²) in [5.74, 6) is -2.68. The van der Waals surface area contributed by atoms with Crippen molar-refractivity contribution in [2.75, 3.05) is 13.1 Å². The fraction of sp³-hybridized carbons (Fsp3) is 0.296. The second-order valence-corrected chi connectivity index (χ2v) is 9.91. The van der Waals surface area contributed by atoms with Crippen molar-refractivity contribution in [3.8, 4) is 22.6 Å². The van der Waals surface area contributed by atoms with E-state index in [0.717, 1.165) is 22.5 Å². The normalized spacial score (nSPS) is 17.3. The largest absolute Gasteiger partial charge is 0.402 e. The highest BCUT2D eigenvalue weighted by Crippen LogP contribution is 2.35. The van der Waals surface area contributed by atoms with Crippen LogP contribution in [0.2, 0.25) is 0 Å². The van der Waals surface area contributed by atoms with Crippen molar-refractivity contribution >= 4 is 17.1 Å². The summed E-state index contributed by atoms with van der Waals surface area (Å²) in [4.78, 5) is 14.2. The molecular weight excluding hydrogens is 479 g/mol. The van der Waals surface area contributed by atoms with Crippen LogP contribution in [0.1, 0.15) is 28.9 Å². The van der Waals surface area contributed by atoms with Gasteiger partial charge in [-0.1, -0.05) is 23.8 Å². The van der Waals surface area contributed by atoms with Crippen LogP contribution in [0.4, 0.5) is 13.2 Å². The minimum atomic E-state index is -2.66. The average molecular weight is 506 g/mol. The molecule has 1 aromatic carbocycles. The number of hydrogen-bond acceptors (Lipinski definition) is 5. The number of aromatic amines is 1. The van der Waals surface area contributed by atoms with Crippen LogP contribution < -0.4 is 5.73 Å². The molecule has 1 aliphatic heterocycles. The number of imidazole rings is 1. The molecule has 2 aliphatic rings.